The normalized spacial score (nSPS) is 13.2. The summed E-state index contributed by atoms with van der Waals surface area (Å²) in [4.78, 5) is 0. The van der Waals surface area contributed by atoms with Crippen molar-refractivity contribution in [2.24, 2.45) is 0 Å². The predicted molar refractivity (Wildman–Crippen MR) is 95.5 cm³/mol. The molecule has 108 valence electrons. The van der Waals surface area contributed by atoms with Gasteiger partial charge in [0.25, 0.3) is 0 Å². The molecule has 0 bridgehead atoms. The molecular formula is C20H21Br. The molecule has 0 nitrogen and oxygen atoms in total. The minimum Gasteiger partial charge on any atom is -0.0765 e. The van der Waals surface area contributed by atoms with Crippen LogP contribution in [0.4, 0.5) is 0 Å². The van der Waals surface area contributed by atoms with Crippen molar-refractivity contribution in [1.29, 1.82) is 0 Å². The molecule has 2 aromatic carbocycles. The molecule has 0 N–H and O–H groups in total. The second kappa shape index (κ2) is 6.19. The number of rotatable bonds is 4. The second-order valence-electron chi connectivity index (χ2n) is 5.80. The van der Waals surface area contributed by atoms with Crippen LogP contribution >= 0.6 is 15.9 Å². The summed E-state index contributed by atoms with van der Waals surface area (Å²) >= 11 is 3.79. The molecule has 1 heteroatoms. The van der Waals surface area contributed by atoms with Crippen LogP contribution < -0.4 is 0 Å². The molecule has 0 saturated heterocycles. The molecule has 21 heavy (non-hydrogen) atoms. The molecule has 0 unspecified atom stereocenters. The Morgan fingerprint density at radius 3 is 2.67 bits per heavy atom. The standard InChI is InChI=1S/C20H21Br/c1-3-4-7-15-8-5-6-9-17(15)20-18-11-10-14(2)16(18)12-13-19(20)21/h5-6,8-10,12-13H,3-4,7,11H2,1-2H3. The molecule has 1 aliphatic carbocycles. The Morgan fingerprint density at radius 2 is 1.86 bits per heavy atom. The fourth-order valence-electron chi connectivity index (χ4n) is 3.21. The zero-order valence-corrected chi connectivity index (χ0v) is 14.3. The molecule has 0 aromatic heterocycles. The Labute approximate surface area is 136 Å². The summed E-state index contributed by atoms with van der Waals surface area (Å²) in [5.74, 6) is 0. The van der Waals surface area contributed by atoms with Gasteiger partial charge in [0.2, 0.25) is 0 Å². The fraction of sp³-hybridized carbons (Fsp3) is 0.300. The summed E-state index contributed by atoms with van der Waals surface area (Å²) in [6.07, 6.45) is 7.05. The average Bonchev–Trinajstić information content (AvgIpc) is 2.87. The zero-order chi connectivity index (χ0) is 14.8. The SMILES string of the molecule is CCCCc1ccccc1-c1c(Br)ccc2c1CC=C2C. The molecule has 2 aromatic rings. The highest BCUT2D eigenvalue weighted by molar-refractivity contribution is 9.10. The van der Waals surface area contributed by atoms with Crippen LogP contribution in [0.1, 0.15) is 43.4 Å². The number of hydrogen-bond donors (Lipinski definition) is 0. The molecule has 0 saturated carbocycles. The highest BCUT2D eigenvalue weighted by Gasteiger charge is 2.19. The Morgan fingerprint density at radius 1 is 1.05 bits per heavy atom. The van der Waals surface area contributed by atoms with Crippen molar-refractivity contribution in [3.8, 4) is 11.1 Å². The van der Waals surface area contributed by atoms with Gasteiger partial charge in [0.05, 0.1) is 0 Å². The van der Waals surface area contributed by atoms with Crippen LogP contribution in [0.2, 0.25) is 0 Å². The molecular weight excluding hydrogens is 320 g/mol. The van der Waals surface area contributed by atoms with Gasteiger partial charge in [0.15, 0.2) is 0 Å². The van der Waals surface area contributed by atoms with Crippen LogP contribution in [0.25, 0.3) is 16.7 Å². The first-order valence-electron chi connectivity index (χ1n) is 7.79. The van der Waals surface area contributed by atoms with Crippen molar-refractivity contribution in [3.05, 3.63) is 63.6 Å². The second-order valence-corrected chi connectivity index (χ2v) is 6.65. The number of fused-ring (bicyclic) bond motifs is 1. The average molecular weight is 341 g/mol. The maximum absolute atomic E-state index is 3.79. The number of hydrogen-bond acceptors (Lipinski definition) is 0. The first-order valence-corrected chi connectivity index (χ1v) is 8.58. The lowest BCUT2D eigenvalue weighted by Gasteiger charge is -2.16. The molecule has 0 amide bonds. The van der Waals surface area contributed by atoms with Gasteiger partial charge in [-0.15, -0.1) is 0 Å². The van der Waals surface area contributed by atoms with Crippen molar-refractivity contribution in [2.75, 3.05) is 0 Å². The van der Waals surface area contributed by atoms with Gasteiger partial charge >= 0.3 is 0 Å². The topological polar surface area (TPSA) is 0 Å². The highest BCUT2D eigenvalue weighted by Crippen LogP contribution is 2.41. The van der Waals surface area contributed by atoms with Crippen LogP contribution in [-0.4, -0.2) is 0 Å². The van der Waals surface area contributed by atoms with Crippen LogP contribution in [0.5, 0.6) is 0 Å². The van der Waals surface area contributed by atoms with Crippen LogP contribution in [0.3, 0.4) is 0 Å². The lowest BCUT2D eigenvalue weighted by Crippen LogP contribution is -1.96. The first kappa shape index (κ1) is 14.6. The number of unbranched alkanes of at least 4 members (excludes halogenated alkanes) is 1. The largest absolute Gasteiger partial charge is 0.0765 e. The molecule has 0 fully saturated rings. The van der Waals surface area contributed by atoms with Crippen LogP contribution in [0, 0.1) is 0 Å². The fourth-order valence-corrected chi connectivity index (χ4v) is 3.79. The summed E-state index contributed by atoms with van der Waals surface area (Å²) in [6, 6.07) is 13.3. The summed E-state index contributed by atoms with van der Waals surface area (Å²) in [7, 11) is 0. The number of benzene rings is 2. The van der Waals surface area contributed by atoms with Gasteiger partial charge in [-0.05, 0) is 60.1 Å². The Bertz CT molecular complexity index is 695. The van der Waals surface area contributed by atoms with Crippen molar-refractivity contribution >= 4 is 21.5 Å². The third kappa shape index (κ3) is 2.72. The quantitative estimate of drug-likeness (QED) is 0.602. The lowest BCUT2D eigenvalue weighted by atomic mass is 9.90. The third-order valence-corrected chi connectivity index (χ3v) is 5.05. The Kier molecular flexibility index (Phi) is 4.30. The smallest absolute Gasteiger partial charge is 0.0257 e. The van der Waals surface area contributed by atoms with E-state index < -0.39 is 0 Å². The summed E-state index contributed by atoms with van der Waals surface area (Å²) in [5.41, 5.74) is 8.57. The maximum Gasteiger partial charge on any atom is 0.0257 e. The predicted octanol–water partition coefficient (Wildman–Crippen LogP) is 6.42. The van der Waals surface area contributed by atoms with Crippen molar-refractivity contribution in [1.82, 2.24) is 0 Å². The summed E-state index contributed by atoms with van der Waals surface area (Å²) < 4.78 is 1.22. The Balaban J connectivity index is 2.14. The van der Waals surface area contributed by atoms with Crippen molar-refractivity contribution < 1.29 is 0 Å². The zero-order valence-electron chi connectivity index (χ0n) is 12.7. The molecule has 0 atom stereocenters. The summed E-state index contributed by atoms with van der Waals surface area (Å²) in [5, 5.41) is 0. The molecule has 3 rings (SSSR count). The van der Waals surface area contributed by atoms with Gasteiger partial charge < -0.3 is 0 Å². The third-order valence-electron chi connectivity index (χ3n) is 4.39. The maximum atomic E-state index is 3.79. The number of aryl methyl sites for hydroxylation is 1. The van der Waals surface area contributed by atoms with E-state index in [1.807, 2.05) is 0 Å². The van der Waals surface area contributed by atoms with Crippen LogP contribution in [0.15, 0.2) is 46.9 Å². The van der Waals surface area contributed by atoms with E-state index in [4.69, 9.17) is 0 Å². The monoisotopic (exact) mass is 340 g/mol. The van der Waals surface area contributed by atoms with Gasteiger partial charge in [-0.25, -0.2) is 0 Å². The van der Waals surface area contributed by atoms with E-state index in [0.717, 1.165) is 12.8 Å². The molecule has 1 aliphatic rings. The Hall–Kier alpha value is -1.34. The van der Waals surface area contributed by atoms with E-state index in [9.17, 15) is 0 Å². The van der Waals surface area contributed by atoms with Gasteiger partial charge in [-0.1, -0.05) is 65.7 Å². The minimum absolute atomic E-state index is 1.05. The van der Waals surface area contributed by atoms with E-state index in [2.05, 4.69) is 72.3 Å². The van der Waals surface area contributed by atoms with E-state index in [-0.39, 0.29) is 0 Å². The van der Waals surface area contributed by atoms with Gasteiger partial charge in [0, 0.05) is 10.0 Å². The molecule has 0 spiro atoms. The van der Waals surface area contributed by atoms with Gasteiger partial charge in [-0.2, -0.15) is 0 Å². The van der Waals surface area contributed by atoms with E-state index in [1.54, 1.807) is 0 Å². The number of halogens is 1. The molecule has 0 aliphatic heterocycles. The molecule has 0 radical (unpaired) electrons. The van der Waals surface area contributed by atoms with Gasteiger partial charge in [-0.3, -0.25) is 0 Å². The number of allylic oxidation sites excluding steroid dienone is 2. The van der Waals surface area contributed by atoms with E-state index >= 15 is 0 Å². The van der Waals surface area contributed by atoms with Gasteiger partial charge in [0.1, 0.15) is 0 Å². The van der Waals surface area contributed by atoms with Crippen molar-refractivity contribution in [3.63, 3.8) is 0 Å². The van der Waals surface area contributed by atoms with Crippen molar-refractivity contribution in [2.45, 2.75) is 39.5 Å². The summed E-state index contributed by atoms with van der Waals surface area (Å²) in [6.45, 7) is 4.47. The first-order chi connectivity index (χ1) is 10.2. The minimum atomic E-state index is 1.05. The molecule has 0 heterocycles. The highest BCUT2D eigenvalue weighted by atomic mass is 79.9. The lowest BCUT2D eigenvalue weighted by molar-refractivity contribution is 0.796. The van der Waals surface area contributed by atoms with Crippen LogP contribution in [-0.2, 0) is 12.8 Å². The van der Waals surface area contributed by atoms with E-state index in [0.29, 0.717) is 0 Å². The van der Waals surface area contributed by atoms with E-state index in [1.165, 1.54) is 50.7 Å².